The molecule has 0 unspecified atom stereocenters. The lowest BCUT2D eigenvalue weighted by atomic mass is 10.3. The number of rotatable bonds is 4. The number of hydrogen-bond donors (Lipinski definition) is 0. The Hall–Kier alpha value is -1.99. The maximum absolute atomic E-state index is 12.7. The van der Waals surface area contributed by atoms with Gasteiger partial charge in [-0.2, -0.15) is 13.2 Å². The maximum Gasteiger partial charge on any atom is 0.417 e. The number of halogens is 4. The van der Waals surface area contributed by atoms with E-state index in [0.717, 1.165) is 35.1 Å². The molecule has 2 aromatic heterocycles. The molecular weight excluding hydrogens is 359 g/mol. The first kappa shape index (κ1) is 16.9. The predicted octanol–water partition coefficient (Wildman–Crippen LogP) is 5.44. The molecule has 0 aliphatic heterocycles. The van der Waals surface area contributed by atoms with Gasteiger partial charge in [0.25, 0.3) is 0 Å². The first-order valence-electron chi connectivity index (χ1n) is 6.87. The van der Waals surface area contributed by atoms with E-state index in [9.17, 15) is 13.2 Å². The molecule has 3 nitrogen and oxygen atoms in total. The summed E-state index contributed by atoms with van der Waals surface area (Å²) in [6, 6.07) is 8.41. The normalized spacial score (nSPS) is 11.8. The molecule has 0 bridgehead atoms. The molecular formula is C16H11ClF3N3S. The van der Waals surface area contributed by atoms with Crippen LogP contribution in [0.3, 0.4) is 0 Å². The molecule has 0 radical (unpaired) electrons. The highest BCUT2D eigenvalue weighted by Crippen LogP contribution is 2.36. The van der Waals surface area contributed by atoms with Gasteiger partial charge in [-0.3, -0.25) is 0 Å². The average molecular weight is 370 g/mol. The van der Waals surface area contributed by atoms with Crippen molar-refractivity contribution in [3.8, 4) is 0 Å². The van der Waals surface area contributed by atoms with E-state index in [1.807, 2.05) is 28.8 Å². The quantitative estimate of drug-likeness (QED) is 0.574. The molecule has 24 heavy (non-hydrogen) atoms. The van der Waals surface area contributed by atoms with E-state index >= 15 is 0 Å². The largest absolute Gasteiger partial charge is 0.417 e. The van der Waals surface area contributed by atoms with Gasteiger partial charge in [-0.05, 0) is 30.0 Å². The topological polar surface area (TPSA) is 30.7 Å². The average Bonchev–Trinajstić information content (AvgIpc) is 2.87. The minimum Gasteiger partial charge on any atom is -0.315 e. The molecule has 0 N–H and O–H groups in total. The molecule has 2 heterocycles. The molecule has 0 fully saturated rings. The Morgan fingerprint density at radius 2 is 2.04 bits per heavy atom. The molecule has 124 valence electrons. The zero-order valence-corrected chi connectivity index (χ0v) is 13.8. The zero-order valence-electron chi connectivity index (χ0n) is 12.2. The summed E-state index contributed by atoms with van der Waals surface area (Å²) in [6.45, 7) is 4.24. The predicted molar refractivity (Wildman–Crippen MR) is 88.3 cm³/mol. The lowest BCUT2D eigenvalue weighted by molar-refractivity contribution is -0.137. The van der Waals surface area contributed by atoms with Crippen LogP contribution in [0, 0.1) is 0 Å². The third-order valence-electron chi connectivity index (χ3n) is 3.25. The molecule has 0 amide bonds. The van der Waals surface area contributed by atoms with Crippen molar-refractivity contribution in [3.63, 3.8) is 0 Å². The van der Waals surface area contributed by atoms with Crippen molar-refractivity contribution in [1.29, 1.82) is 0 Å². The minimum atomic E-state index is -4.48. The van der Waals surface area contributed by atoms with Crippen molar-refractivity contribution in [2.75, 3.05) is 0 Å². The van der Waals surface area contributed by atoms with Crippen molar-refractivity contribution < 1.29 is 13.2 Å². The summed E-state index contributed by atoms with van der Waals surface area (Å²) in [6.07, 6.45) is -1.98. The van der Waals surface area contributed by atoms with Crippen molar-refractivity contribution in [2.45, 2.75) is 22.9 Å². The van der Waals surface area contributed by atoms with Gasteiger partial charge in [-0.15, -0.1) is 6.58 Å². The van der Waals surface area contributed by atoms with Crippen LogP contribution in [0.5, 0.6) is 0 Å². The molecule has 8 heteroatoms. The maximum atomic E-state index is 12.7. The van der Waals surface area contributed by atoms with Crippen molar-refractivity contribution >= 4 is 34.4 Å². The summed E-state index contributed by atoms with van der Waals surface area (Å²) in [5.41, 5.74) is 0.810. The second-order valence-corrected chi connectivity index (χ2v) is 6.26. The van der Waals surface area contributed by atoms with Gasteiger partial charge >= 0.3 is 6.18 Å². The molecule has 0 saturated carbocycles. The number of fused-ring (bicyclic) bond motifs is 1. The minimum absolute atomic E-state index is 0.0629. The van der Waals surface area contributed by atoms with E-state index in [1.54, 1.807) is 6.08 Å². The van der Waals surface area contributed by atoms with E-state index < -0.39 is 11.7 Å². The van der Waals surface area contributed by atoms with Gasteiger partial charge in [0.2, 0.25) is 0 Å². The van der Waals surface area contributed by atoms with Crippen LogP contribution in [-0.2, 0) is 12.7 Å². The smallest absolute Gasteiger partial charge is 0.315 e. The fraction of sp³-hybridized carbons (Fsp3) is 0.125. The highest BCUT2D eigenvalue weighted by molar-refractivity contribution is 7.99. The van der Waals surface area contributed by atoms with Crippen molar-refractivity contribution in [3.05, 3.63) is 59.8 Å². The fourth-order valence-electron chi connectivity index (χ4n) is 2.18. The van der Waals surface area contributed by atoms with Gasteiger partial charge in [-0.25, -0.2) is 9.97 Å². The molecule has 0 spiro atoms. The number of benzene rings is 1. The molecule has 0 aliphatic carbocycles. The summed E-state index contributed by atoms with van der Waals surface area (Å²) in [5, 5.41) is 0.794. The second-order valence-electron chi connectivity index (χ2n) is 4.89. The number of imidazole rings is 1. The number of para-hydroxylation sites is 2. The summed E-state index contributed by atoms with van der Waals surface area (Å²) >= 11 is 7.09. The lowest BCUT2D eigenvalue weighted by Gasteiger charge is -2.09. The molecule has 3 rings (SSSR count). The van der Waals surface area contributed by atoms with Gasteiger partial charge in [0, 0.05) is 12.7 Å². The van der Waals surface area contributed by atoms with Crippen LogP contribution >= 0.6 is 23.4 Å². The standard InChI is InChI=1S/C16H11ClF3N3S/c1-2-7-23-13-6-4-3-5-12(13)22-15(23)24-14-11(17)8-10(9-21-14)16(18,19)20/h2-6,8-9H,1,7H2. The van der Waals surface area contributed by atoms with Crippen LogP contribution in [0.4, 0.5) is 13.2 Å². The first-order valence-corrected chi connectivity index (χ1v) is 8.06. The van der Waals surface area contributed by atoms with E-state index in [4.69, 9.17) is 11.6 Å². The number of nitrogens with zero attached hydrogens (tertiary/aromatic N) is 3. The number of hydrogen-bond acceptors (Lipinski definition) is 3. The number of alkyl halides is 3. The van der Waals surface area contributed by atoms with Gasteiger partial charge in [-0.1, -0.05) is 29.8 Å². The molecule has 3 aromatic rings. The fourth-order valence-corrected chi connectivity index (χ4v) is 3.32. The van der Waals surface area contributed by atoms with E-state index in [0.29, 0.717) is 11.7 Å². The van der Waals surface area contributed by atoms with E-state index in [1.165, 1.54) is 0 Å². The van der Waals surface area contributed by atoms with Crippen LogP contribution in [0.1, 0.15) is 5.56 Å². The van der Waals surface area contributed by atoms with Crippen LogP contribution < -0.4 is 0 Å². The highest BCUT2D eigenvalue weighted by atomic mass is 35.5. The SMILES string of the molecule is C=CCn1c(Sc2ncc(C(F)(F)F)cc2Cl)nc2ccccc21. The Balaban J connectivity index is 2.01. The van der Waals surface area contributed by atoms with Crippen molar-refractivity contribution in [2.24, 2.45) is 0 Å². The van der Waals surface area contributed by atoms with Crippen LogP contribution in [0.25, 0.3) is 11.0 Å². The van der Waals surface area contributed by atoms with Gasteiger partial charge < -0.3 is 4.57 Å². The second kappa shape index (κ2) is 6.49. The van der Waals surface area contributed by atoms with Crippen LogP contribution in [0.15, 0.2) is 59.4 Å². The van der Waals surface area contributed by atoms with Gasteiger partial charge in [0.1, 0.15) is 5.03 Å². The van der Waals surface area contributed by atoms with Crippen LogP contribution in [0.2, 0.25) is 5.02 Å². The Bertz CT molecular complexity index is 905. The summed E-state index contributed by atoms with van der Waals surface area (Å²) in [5.74, 6) is 0. The monoisotopic (exact) mass is 369 g/mol. The lowest BCUT2D eigenvalue weighted by Crippen LogP contribution is -2.05. The number of allylic oxidation sites excluding steroid dienone is 1. The van der Waals surface area contributed by atoms with Crippen LogP contribution in [-0.4, -0.2) is 14.5 Å². The Labute approximate surface area is 145 Å². The first-order chi connectivity index (χ1) is 11.4. The Morgan fingerprint density at radius 1 is 1.29 bits per heavy atom. The third-order valence-corrected chi connectivity index (χ3v) is 4.67. The highest BCUT2D eigenvalue weighted by Gasteiger charge is 2.31. The zero-order chi connectivity index (χ0) is 17.3. The van der Waals surface area contributed by atoms with Gasteiger partial charge in [0.05, 0.1) is 21.6 Å². The van der Waals surface area contributed by atoms with Crippen molar-refractivity contribution in [1.82, 2.24) is 14.5 Å². The molecule has 1 aromatic carbocycles. The van der Waals surface area contributed by atoms with Gasteiger partial charge in [0.15, 0.2) is 5.16 Å². The molecule has 0 atom stereocenters. The summed E-state index contributed by atoms with van der Waals surface area (Å²) in [4.78, 5) is 8.34. The number of aromatic nitrogens is 3. The molecule has 0 saturated heterocycles. The van der Waals surface area contributed by atoms with E-state index in [2.05, 4.69) is 16.5 Å². The number of pyridine rings is 1. The van der Waals surface area contributed by atoms with E-state index in [-0.39, 0.29) is 10.0 Å². The summed E-state index contributed by atoms with van der Waals surface area (Å²) < 4.78 is 40.0. The molecule has 0 aliphatic rings. The third kappa shape index (κ3) is 3.27. The Kier molecular flexibility index (Phi) is 4.56. The summed E-state index contributed by atoms with van der Waals surface area (Å²) in [7, 11) is 0. The Morgan fingerprint density at radius 3 is 2.71 bits per heavy atom.